The molecule has 1 rings (SSSR count). The number of hydrogen-bond acceptors (Lipinski definition) is 2. The SMILES string of the molecule is CC(NCC(F)(F)F)c1ccccc1O. The zero-order chi connectivity index (χ0) is 11.5. The maximum atomic E-state index is 11.9. The highest BCUT2D eigenvalue weighted by atomic mass is 19.4. The maximum absolute atomic E-state index is 11.9. The third-order valence-electron chi connectivity index (χ3n) is 2.01. The highest BCUT2D eigenvalue weighted by Crippen LogP contribution is 2.24. The lowest BCUT2D eigenvalue weighted by atomic mass is 10.1. The van der Waals surface area contributed by atoms with Gasteiger partial charge in [-0.1, -0.05) is 18.2 Å². The van der Waals surface area contributed by atoms with E-state index in [4.69, 9.17) is 0 Å². The number of phenols is 1. The van der Waals surface area contributed by atoms with E-state index in [2.05, 4.69) is 5.32 Å². The van der Waals surface area contributed by atoms with Crippen LogP contribution in [0.5, 0.6) is 5.75 Å². The molecular weight excluding hydrogens is 207 g/mol. The average molecular weight is 219 g/mol. The van der Waals surface area contributed by atoms with E-state index in [-0.39, 0.29) is 5.75 Å². The fourth-order valence-electron chi connectivity index (χ4n) is 1.23. The first-order chi connectivity index (χ1) is 6.90. The summed E-state index contributed by atoms with van der Waals surface area (Å²) in [6, 6.07) is 5.79. The maximum Gasteiger partial charge on any atom is 0.401 e. The molecule has 0 radical (unpaired) electrons. The summed E-state index contributed by atoms with van der Waals surface area (Å²) in [6.45, 7) is 0.503. The molecule has 0 heterocycles. The number of hydrogen-bond donors (Lipinski definition) is 2. The number of para-hydroxylation sites is 1. The molecule has 2 N–H and O–H groups in total. The fraction of sp³-hybridized carbons (Fsp3) is 0.400. The second-order valence-electron chi connectivity index (χ2n) is 3.28. The van der Waals surface area contributed by atoms with Crippen LogP contribution in [0.4, 0.5) is 13.2 Å². The Kier molecular flexibility index (Phi) is 3.57. The predicted molar refractivity (Wildman–Crippen MR) is 50.6 cm³/mol. The van der Waals surface area contributed by atoms with Crippen molar-refractivity contribution in [2.45, 2.75) is 19.1 Å². The van der Waals surface area contributed by atoms with E-state index < -0.39 is 18.8 Å². The van der Waals surface area contributed by atoms with Crippen molar-refractivity contribution in [2.75, 3.05) is 6.54 Å². The molecule has 1 unspecified atom stereocenters. The summed E-state index contributed by atoms with van der Waals surface area (Å²) in [5.41, 5.74) is 0.460. The summed E-state index contributed by atoms with van der Waals surface area (Å²) >= 11 is 0. The van der Waals surface area contributed by atoms with Gasteiger partial charge in [-0.15, -0.1) is 0 Å². The van der Waals surface area contributed by atoms with Crippen LogP contribution in [0, 0.1) is 0 Å². The monoisotopic (exact) mass is 219 g/mol. The molecule has 0 aliphatic carbocycles. The Morgan fingerprint density at radius 3 is 2.47 bits per heavy atom. The van der Waals surface area contributed by atoms with E-state index in [0.717, 1.165) is 0 Å². The van der Waals surface area contributed by atoms with Gasteiger partial charge in [0, 0.05) is 11.6 Å². The molecule has 1 aromatic carbocycles. The number of phenolic OH excluding ortho intramolecular Hbond substituents is 1. The van der Waals surface area contributed by atoms with E-state index in [1.807, 2.05) is 0 Å². The van der Waals surface area contributed by atoms with Gasteiger partial charge in [-0.05, 0) is 13.0 Å². The van der Waals surface area contributed by atoms with Gasteiger partial charge in [0.05, 0.1) is 6.54 Å². The Hall–Kier alpha value is -1.23. The molecule has 0 saturated heterocycles. The highest BCUT2D eigenvalue weighted by molar-refractivity contribution is 5.34. The molecule has 84 valence electrons. The molecule has 1 aromatic rings. The standard InChI is InChI=1S/C10H12F3NO/c1-7(14-6-10(11,12)13)8-4-2-3-5-9(8)15/h2-5,7,14-15H,6H2,1H3. The van der Waals surface area contributed by atoms with Gasteiger partial charge < -0.3 is 10.4 Å². The number of nitrogens with one attached hydrogen (secondary N) is 1. The Balaban J connectivity index is 2.62. The molecule has 0 saturated carbocycles. The summed E-state index contributed by atoms with van der Waals surface area (Å²) in [7, 11) is 0. The molecule has 0 bridgehead atoms. The number of alkyl halides is 3. The van der Waals surface area contributed by atoms with Crippen molar-refractivity contribution in [1.29, 1.82) is 0 Å². The Morgan fingerprint density at radius 2 is 1.93 bits per heavy atom. The van der Waals surface area contributed by atoms with Gasteiger partial charge in [0.25, 0.3) is 0 Å². The van der Waals surface area contributed by atoms with Gasteiger partial charge in [0.2, 0.25) is 0 Å². The second-order valence-corrected chi connectivity index (χ2v) is 3.28. The number of rotatable bonds is 3. The van der Waals surface area contributed by atoms with Crippen molar-refractivity contribution >= 4 is 0 Å². The van der Waals surface area contributed by atoms with Crippen molar-refractivity contribution in [3.63, 3.8) is 0 Å². The molecule has 0 aliphatic heterocycles. The number of benzene rings is 1. The van der Waals surface area contributed by atoms with Gasteiger partial charge in [0.15, 0.2) is 0 Å². The van der Waals surface area contributed by atoms with E-state index in [9.17, 15) is 18.3 Å². The highest BCUT2D eigenvalue weighted by Gasteiger charge is 2.27. The molecule has 0 spiro atoms. The van der Waals surface area contributed by atoms with Crippen molar-refractivity contribution in [3.05, 3.63) is 29.8 Å². The van der Waals surface area contributed by atoms with Gasteiger partial charge in [-0.2, -0.15) is 13.2 Å². The summed E-state index contributed by atoms with van der Waals surface area (Å²) < 4.78 is 35.7. The third-order valence-corrected chi connectivity index (χ3v) is 2.01. The van der Waals surface area contributed by atoms with E-state index in [1.54, 1.807) is 25.1 Å². The zero-order valence-corrected chi connectivity index (χ0v) is 8.17. The smallest absolute Gasteiger partial charge is 0.401 e. The lowest BCUT2D eigenvalue weighted by molar-refractivity contribution is -0.126. The molecule has 0 aliphatic rings. The molecule has 0 fully saturated rings. The molecule has 5 heteroatoms. The first-order valence-corrected chi connectivity index (χ1v) is 4.48. The van der Waals surface area contributed by atoms with E-state index in [0.29, 0.717) is 5.56 Å². The lowest BCUT2D eigenvalue weighted by Crippen LogP contribution is -2.30. The van der Waals surface area contributed by atoms with Crippen LogP contribution < -0.4 is 5.32 Å². The largest absolute Gasteiger partial charge is 0.508 e. The van der Waals surface area contributed by atoms with Crippen LogP contribution in [0.2, 0.25) is 0 Å². The molecule has 0 aromatic heterocycles. The molecule has 15 heavy (non-hydrogen) atoms. The van der Waals surface area contributed by atoms with Gasteiger partial charge in [-0.3, -0.25) is 0 Å². The van der Waals surface area contributed by atoms with Crippen LogP contribution in [-0.2, 0) is 0 Å². The Labute approximate surface area is 85.7 Å². The van der Waals surface area contributed by atoms with Crippen LogP contribution in [-0.4, -0.2) is 17.8 Å². The summed E-state index contributed by atoms with van der Waals surface area (Å²) in [4.78, 5) is 0. The van der Waals surface area contributed by atoms with Crippen molar-refractivity contribution in [3.8, 4) is 5.75 Å². The fourth-order valence-corrected chi connectivity index (χ4v) is 1.23. The summed E-state index contributed by atoms with van der Waals surface area (Å²) in [6.07, 6.45) is -4.24. The average Bonchev–Trinajstić information content (AvgIpc) is 2.14. The Morgan fingerprint density at radius 1 is 1.33 bits per heavy atom. The van der Waals surface area contributed by atoms with Crippen molar-refractivity contribution in [1.82, 2.24) is 5.32 Å². The minimum atomic E-state index is -4.24. The first kappa shape index (κ1) is 11.8. The topological polar surface area (TPSA) is 32.3 Å². The minimum absolute atomic E-state index is 0.000301. The van der Waals surface area contributed by atoms with Gasteiger partial charge in [-0.25, -0.2) is 0 Å². The number of halogens is 3. The minimum Gasteiger partial charge on any atom is -0.508 e. The van der Waals surface area contributed by atoms with Crippen LogP contribution >= 0.6 is 0 Å². The van der Waals surface area contributed by atoms with Crippen molar-refractivity contribution < 1.29 is 18.3 Å². The van der Waals surface area contributed by atoms with Crippen LogP contribution in [0.1, 0.15) is 18.5 Å². The Bertz CT molecular complexity index is 325. The molecular formula is C10H12F3NO. The van der Waals surface area contributed by atoms with Crippen molar-refractivity contribution in [2.24, 2.45) is 0 Å². The predicted octanol–water partition coefficient (Wildman–Crippen LogP) is 2.61. The van der Waals surface area contributed by atoms with Crippen LogP contribution in [0.3, 0.4) is 0 Å². The van der Waals surface area contributed by atoms with Crippen LogP contribution in [0.25, 0.3) is 0 Å². The normalized spacial score (nSPS) is 13.9. The molecule has 1 atom stereocenters. The third kappa shape index (κ3) is 3.79. The van der Waals surface area contributed by atoms with Crippen LogP contribution in [0.15, 0.2) is 24.3 Å². The molecule has 2 nitrogen and oxygen atoms in total. The summed E-state index contributed by atoms with van der Waals surface area (Å²) in [5.74, 6) is -0.000301. The van der Waals surface area contributed by atoms with Gasteiger partial charge in [0.1, 0.15) is 5.75 Å². The zero-order valence-electron chi connectivity index (χ0n) is 8.17. The van der Waals surface area contributed by atoms with E-state index >= 15 is 0 Å². The second kappa shape index (κ2) is 4.53. The van der Waals surface area contributed by atoms with E-state index in [1.165, 1.54) is 6.07 Å². The lowest BCUT2D eigenvalue weighted by Gasteiger charge is -2.16. The van der Waals surface area contributed by atoms with Gasteiger partial charge >= 0.3 is 6.18 Å². The quantitative estimate of drug-likeness (QED) is 0.819. The number of aromatic hydroxyl groups is 1. The summed E-state index contributed by atoms with van der Waals surface area (Å²) in [5, 5.41) is 11.7. The molecule has 0 amide bonds. The first-order valence-electron chi connectivity index (χ1n) is 4.48.